The van der Waals surface area contributed by atoms with Crippen molar-refractivity contribution in [2.45, 2.75) is 245 Å². The van der Waals surface area contributed by atoms with Crippen LogP contribution in [-0.4, -0.2) is 37.2 Å². The SMILES string of the molecule is CCCCC/C=C\C/C=C\C/C=C\CCCCCCC(=O)OC[C@H](COC(=O)CCCCCCC/C=C\CCCCCC)OC(=O)CCCC/C=C\C/C=C\C/C=C\CCCCC. The molecule has 0 N–H and O–H groups in total. The van der Waals surface area contributed by atoms with Gasteiger partial charge in [0.15, 0.2) is 6.10 Å². The van der Waals surface area contributed by atoms with Crippen LogP contribution in [0.3, 0.4) is 0 Å². The lowest BCUT2D eigenvalue weighted by Gasteiger charge is -2.18. The van der Waals surface area contributed by atoms with Crippen molar-refractivity contribution in [3.05, 3.63) is 85.1 Å². The maximum atomic E-state index is 12.8. The van der Waals surface area contributed by atoms with Crippen molar-refractivity contribution < 1.29 is 28.6 Å². The average molecular weight is 877 g/mol. The fraction of sp³-hybridized carbons (Fsp3) is 0.702. The smallest absolute Gasteiger partial charge is 0.306 e. The second-order valence-corrected chi connectivity index (χ2v) is 17.1. The molecule has 6 nitrogen and oxygen atoms in total. The minimum Gasteiger partial charge on any atom is -0.462 e. The molecule has 0 saturated heterocycles. The van der Waals surface area contributed by atoms with Gasteiger partial charge in [0, 0.05) is 19.3 Å². The Hall–Kier alpha value is -3.41. The van der Waals surface area contributed by atoms with E-state index in [1.54, 1.807) is 0 Å². The van der Waals surface area contributed by atoms with Gasteiger partial charge in [0.2, 0.25) is 0 Å². The van der Waals surface area contributed by atoms with Crippen molar-refractivity contribution >= 4 is 17.9 Å². The zero-order chi connectivity index (χ0) is 45.8. The van der Waals surface area contributed by atoms with E-state index in [0.717, 1.165) is 103 Å². The zero-order valence-electron chi connectivity index (χ0n) is 41.1. The van der Waals surface area contributed by atoms with Crippen LogP contribution < -0.4 is 0 Å². The lowest BCUT2D eigenvalue weighted by Crippen LogP contribution is -2.30. The molecule has 0 aromatic rings. The summed E-state index contributed by atoms with van der Waals surface area (Å²) < 4.78 is 16.7. The van der Waals surface area contributed by atoms with E-state index in [1.165, 1.54) is 89.9 Å². The van der Waals surface area contributed by atoms with Crippen molar-refractivity contribution in [2.75, 3.05) is 13.2 Å². The first-order valence-electron chi connectivity index (χ1n) is 26.1. The second-order valence-electron chi connectivity index (χ2n) is 17.1. The van der Waals surface area contributed by atoms with Crippen molar-refractivity contribution in [3.8, 4) is 0 Å². The van der Waals surface area contributed by atoms with Gasteiger partial charge in [0.05, 0.1) is 0 Å². The number of carbonyl (C=O) groups excluding carboxylic acids is 3. The Labute approximate surface area is 388 Å². The van der Waals surface area contributed by atoms with Gasteiger partial charge in [-0.05, 0) is 122 Å². The van der Waals surface area contributed by atoms with Gasteiger partial charge in [0.1, 0.15) is 13.2 Å². The first kappa shape index (κ1) is 59.6. The summed E-state index contributed by atoms with van der Waals surface area (Å²) >= 11 is 0. The summed E-state index contributed by atoms with van der Waals surface area (Å²) in [5.74, 6) is -0.975. The topological polar surface area (TPSA) is 78.9 Å². The molecule has 63 heavy (non-hydrogen) atoms. The molecular formula is C57H96O6. The van der Waals surface area contributed by atoms with E-state index in [4.69, 9.17) is 14.2 Å². The van der Waals surface area contributed by atoms with E-state index in [-0.39, 0.29) is 37.5 Å². The number of ether oxygens (including phenoxy) is 3. The standard InChI is InChI=1S/C57H96O6/c1-4-7-10-13-16-19-22-25-27-28-30-32-35-38-41-44-47-50-56(59)62-53-54(52-61-55(58)49-46-43-40-37-34-31-24-21-18-15-12-9-6-3)63-57(60)51-48-45-42-39-36-33-29-26-23-20-17-14-11-8-5-2/h16-17,19-21,24-27,29-30,32,36,39,54H,4-15,18,22-23,28,31,33-35,37-38,40-53H2,1-3H3/b19-16-,20-17-,24-21-,27-25-,29-26-,32-30-,39-36-/t54-/m0/s1. The highest BCUT2D eigenvalue weighted by atomic mass is 16.6. The van der Waals surface area contributed by atoms with Crippen molar-refractivity contribution in [1.29, 1.82) is 0 Å². The average Bonchev–Trinajstić information content (AvgIpc) is 3.28. The first-order chi connectivity index (χ1) is 31.0. The third kappa shape index (κ3) is 49.5. The van der Waals surface area contributed by atoms with Crippen LogP contribution in [0, 0.1) is 0 Å². The summed E-state index contributed by atoms with van der Waals surface area (Å²) in [6.07, 6.45) is 65.6. The summed E-state index contributed by atoms with van der Waals surface area (Å²) in [5, 5.41) is 0. The Morgan fingerprint density at radius 1 is 0.317 bits per heavy atom. The Morgan fingerprint density at radius 2 is 0.571 bits per heavy atom. The Morgan fingerprint density at radius 3 is 0.968 bits per heavy atom. The molecule has 0 aromatic heterocycles. The minimum absolute atomic E-state index is 0.104. The first-order valence-corrected chi connectivity index (χ1v) is 26.1. The predicted molar refractivity (Wildman–Crippen MR) is 270 cm³/mol. The molecule has 0 heterocycles. The normalized spacial score (nSPS) is 12.7. The summed E-state index contributed by atoms with van der Waals surface area (Å²) in [6, 6.07) is 0. The van der Waals surface area contributed by atoms with E-state index < -0.39 is 6.10 Å². The number of carbonyl (C=O) groups is 3. The summed E-state index contributed by atoms with van der Waals surface area (Å²) in [7, 11) is 0. The van der Waals surface area contributed by atoms with Gasteiger partial charge in [0.25, 0.3) is 0 Å². The molecule has 0 aromatic carbocycles. The van der Waals surface area contributed by atoms with Gasteiger partial charge in [-0.25, -0.2) is 0 Å². The molecular weight excluding hydrogens is 781 g/mol. The highest BCUT2D eigenvalue weighted by molar-refractivity contribution is 5.71. The molecule has 6 heteroatoms. The molecule has 0 fully saturated rings. The second kappa shape index (κ2) is 51.2. The molecule has 0 radical (unpaired) electrons. The Bertz CT molecular complexity index is 1240. The number of hydrogen-bond donors (Lipinski definition) is 0. The number of hydrogen-bond acceptors (Lipinski definition) is 6. The van der Waals surface area contributed by atoms with Crippen LogP contribution in [0.25, 0.3) is 0 Å². The van der Waals surface area contributed by atoms with Crippen molar-refractivity contribution in [3.63, 3.8) is 0 Å². The molecule has 0 spiro atoms. The molecule has 0 unspecified atom stereocenters. The molecule has 0 rings (SSSR count). The molecule has 0 saturated carbocycles. The van der Waals surface area contributed by atoms with Crippen LogP contribution in [0.2, 0.25) is 0 Å². The van der Waals surface area contributed by atoms with E-state index in [0.29, 0.717) is 19.3 Å². The van der Waals surface area contributed by atoms with E-state index in [9.17, 15) is 14.4 Å². The van der Waals surface area contributed by atoms with E-state index in [2.05, 4.69) is 106 Å². The molecule has 0 aliphatic carbocycles. The molecule has 1 atom stereocenters. The quantitative estimate of drug-likeness (QED) is 0.0262. The highest BCUT2D eigenvalue weighted by Gasteiger charge is 2.19. The summed E-state index contributed by atoms with van der Waals surface area (Å²) in [5.41, 5.74) is 0. The van der Waals surface area contributed by atoms with Crippen molar-refractivity contribution in [2.24, 2.45) is 0 Å². The number of unbranched alkanes of at least 4 members (excludes halogenated alkanes) is 21. The largest absolute Gasteiger partial charge is 0.462 e. The molecule has 0 bridgehead atoms. The van der Waals surface area contributed by atoms with E-state index in [1.807, 2.05) is 0 Å². The molecule has 360 valence electrons. The van der Waals surface area contributed by atoms with Gasteiger partial charge in [-0.15, -0.1) is 0 Å². The van der Waals surface area contributed by atoms with Gasteiger partial charge in [-0.3, -0.25) is 14.4 Å². The number of rotatable bonds is 46. The van der Waals surface area contributed by atoms with Crippen LogP contribution in [0.1, 0.15) is 239 Å². The van der Waals surface area contributed by atoms with Gasteiger partial charge < -0.3 is 14.2 Å². The lowest BCUT2D eigenvalue weighted by atomic mass is 10.1. The maximum absolute atomic E-state index is 12.8. The van der Waals surface area contributed by atoms with Crippen LogP contribution in [-0.2, 0) is 28.6 Å². The molecule has 0 aliphatic heterocycles. The van der Waals surface area contributed by atoms with Crippen LogP contribution in [0.15, 0.2) is 85.1 Å². The third-order valence-electron chi connectivity index (χ3n) is 10.8. The van der Waals surface area contributed by atoms with Gasteiger partial charge in [-0.2, -0.15) is 0 Å². The maximum Gasteiger partial charge on any atom is 0.306 e. The predicted octanol–water partition coefficient (Wildman–Crippen LogP) is 17.2. The summed E-state index contributed by atoms with van der Waals surface area (Å²) in [6.45, 7) is 6.50. The highest BCUT2D eigenvalue weighted by Crippen LogP contribution is 2.12. The molecule has 0 aliphatic rings. The molecule has 0 amide bonds. The fourth-order valence-electron chi connectivity index (χ4n) is 6.86. The van der Waals surface area contributed by atoms with Crippen LogP contribution in [0.4, 0.5) is 0 Å². The minimum atomic E-state index is -0.809. The monoisotopic (exact) mass is 877 g/mol. The van der Waals surface area contributed by atoms with Gasteiger partial charge in [-0.1, -0.05) is 183 Å². The van der Waals surface area contributed by atoms with Crippen molar-refractivity contribution in [1.82, 2.24) is 0 Å². The Kier molecular flexibility index (Phi) is 48.5. The third-order valence-corrected chi connectivity index (χ3v) is 10.8. The number of esters is 3. The number of allylic oxidation sites excluding steroid dienone is 14. The summed E-state index contributed by atoms with van der Waals surface area (Å²) in [4.78, 5) is 38.0. The fourth-order valence-corrected chi connectivity index (χ4v) is 6.86. The van der Waals surface area contributed by atoms with Crippen LogP contribution >= 0.6 is 0 Å². The van der Waals surface area contributed by atoms with Crippen LogP contribution in [0.5, 0.6) is 0 Å². The lowest BCUT2D eigenvalue weighted by molar-refractivity contribution is -0.167. The Balaban J connectivity index is 4.50. The van der Waals surface area contributed by atoms with Gasteiger partial charge >= 0.3 is 17.9 Å². The zero-order valence-corrected chi connectivity index (χ0v) is 41.1. The van der Waals surface area contributed by atoms with E-state index >= 15 is 0 Å².